The van der Waals surface area contributed by atoms with Crippen LogP contribution in [0.1, 0.15) is 28.5 Å². The molecule has 0 saturated heterocycles. The van der Waals surface area contributed by atoms with Gasteiger partial charge < -0.3 is 19.5 Å². The fraction of sp³-hybridized carbons (Fsp3) is 0.211. The summed E-state index contributed by atoms with van der Waals surface area (Å²) < 4.78 is 16.3. The van der Waals surface area contributed by atoms with Gasteiger partial charge in [-0.05, 0) is 31.5 Å². The van der Waals surface area contributed by atoms with Crippen LogP contribution in [0.5, 0.6) is 5.75 Å². The van der Waals surface area contributed by atoms with Crippen LogP contribution < -0.4 is 10.5 Å². The van der Waals surface area contributed by atoms with Gasteiger partial charge in [0.25, 0.3) is 0 Å². The number of aromatic nitrogens is 5. The van der Waals surface area contributed by atoms with Crippen LogP contribution in [-0.4, -0.2) is 25.3 Å². The number of nitrogens with zero attached hydrogens (tertiary/aromatic N) is 5. The van der Waals surface area contributed by atoms with Crippen LogP contribution in [-0.2, 0) is 13.0 Å². The van der Waals surface area contributed by atoms with E-state index in [9.17, 15) is 0 Å². The number of nitrogens with two attached hydrogens (primary N) is 1. The third-order valence-electron chi connectivity index (χ3n) is 4.30. The molecule has 0 bridgehead atoms. The van der Waals surface area contributed by atoms with Gasteiger partial charge in [-0.3, -0.25) is 0 Å². The average Bonchev–Trinajstić information content (AvgIpc) is 3.28. The van der Waals surface area contributed by atoms with Gasteiger partial charge in [0.1, 0.15) is 30.3 Å². The number of hydrogen-bond donors (Lipinski definition) is 1. The van der Waals surface area contributed by atoms with E-state index in [1.807, 2.05) is 38.1 Å². The molecule has 0 aliphatic carbocycles. The summed E-state index contributed by atoms with van der Waals surface area (Å²) in [4.78, 5) is 12.2. The molecule has 28 heavy (non-hydrogen) atoms. The van der Waals surface area contributed by atoms with Crippen LogP contribution >= 0.6 is 0 Å². The van der Waals surface area contributed by atoms with Crippen molar-refractivity contribution < 1.29 is 13.8 Å². The largest absolute Gasteiger partial charge is 0.489 e. The fourth-order valence-corrected chi connectivity index (χ4v) is 2.69. The number of hydrogen-bond acceptors (Lipinski definition) is 9. The molecule has 0 amide bonds. The second-order valence-electron chi connectivity index (χ2n) is 6.25. The van der Waals surface area contributed by atoms with Gasteiger partial charge in [0.05, 0.1) is 23.2 Å². The van der Waals surface area contributed by atoms with Gasteiger partial charge in [-0.15, -0.1) is 0 Å². The standard InChI is InChI=1S/C19H18N6O3/c1-11-16(12(2)27-24-11)9-26-14-5-3-13(4-6-14)7-17-23-19(25-28-17)15-8-21-10-22-18(15)20/h3-6,8,10H,7,9H2,1-2H3,(H2,20,21,22). The Morgan fingerprint density at radius 1 is 1.07 bits per heavy atom. The summed E-state index contributed by atoms with van der Waals surface area (Å²) in [5, 5.41) is 7.87. The number of benzene rings is 1. The summed E-state index contributed by atoms with van der Waals surface area (Å²) in [7, 11) is 0. The van der Waals surface area contributed by atoms with Crippen molar-refractivity contribution in [1.29, 1.82) is 0 Å². The average molecular weight is 378 g/mol. The lowest BCUT2D eigenvalue weighted by atomic mass is 10.1. The molecular weight excluding hydrogens is 360 g/mol. The molecule has 4 rings (SSSR count). The van der Waals surface area contributed by atoms with E-state index in [0.717, 1.165) is 28.3 Å². The maximum Gasteiger partial charge on any atom is 0.231 e. The Labute approximate surface area is 160 Å². The first-order valence-electron chi connectivity index (χ1n) is 8.62. The van der Waals surface area contributed by atoms with E-state index in [1.54, 1.807) is 6.20 Å². The smallest absolute Gasteiger partial charge is 0.231 e. The summed E-state index contributed by atoms with van der Waals surface area (Å²) >= 11 is 0. The molecule has 2 N–H and O–H groups in total. The molecule has 1 aromatic carbocycles. The number of ether oxygens (including phenoxy) is 1. The van der Waals surface area contributed by atoms with Crippen LogP contribution in [0.3, 0.4) is 0 Å². The topological polar surface area (TPSA) is 126 Å². The second kappa shape index (κ2) is 7.47. The van der Waals surface area contributed by atoms with Gasteiger partial charge >= 0.3 is 0 Å². The first kappa shape index (κ1) is 17.7. The third kappa shape index (κ3) is 3.68. The highest BCUT2D eigenvalue weighted by Crippen LogP contribution is 2.22. The normalized spacial score (nSPS) is 10.9. The Morgan fingerprint density at radius 2 is 1.89 bits per heavy atom. The molecule has 142 valence electrons. The zero-order valence-electron chi connectivity index (χ0n) is 15.4. The van der Waals surface area contributed by atoms with Crippen LogP contribution in [0.15, 0.2) is 45.8 Å². The molecule has 0 unspecified atom stereocenters. The SMILES string of the molecule is Cc1noc(C)c1COc1ccc(Cc2nc(-c3cncnc3N)no2)cc1. The summed E-state index contributed by atoms with van der Waals surface area (Å²) in [5.41, 5.74) is 9.17. The second-order valence-corrected chi connectivity index (χ2v) is 6.25. The molecule has 0 radical (unpaired) electrons. The van der Waals surface area contributed by atoms with E-state index in [4.69, 9.17) is 19.5 Å². The van der Waals surface area contributed by atoms with Crippen molar-refractivity contribution in [2.24, 2.45) is 0 Å². The van der Waals surface area contributed by atoms with Gasteiger partial charge in [-0.2, -0.15) is 4.98 Å². The molecule has 9 nitrogen and oxygen atoms in total. The molecule has 0 aliphatic rings. The van der Waals surface area contributed by atoms with Crippen LogP contribution in [0.2, 0.25) is 0 Å². The molecule has 4 aromatic rings. The molecule has 0 atom stereocenters. The van der Waals surface area contributed by atoms with Gasteiger partial charge in [0.15, 0.2) is 0 Å². The van der Waals surface area contributed by atoms with Crippen molar-refractivity contribution in [3.8, 4) is 17.1 Å². The summed E-state index contributed by atoms with van der Waals surface area (Å²) in [5.74, 6) is 2.67. The van der Waals surface area contributed by atoms with Crippen molar-refractivity contribution >= 4 is 5.82 Å². The summed E-state index contributed by atoms with van der Waals surface area (Å²) in [6.07, 6.45) is 3.42. The van der Waals surface area contributed by atoms with E-state index < -0.39 is 0 Å². The van der Waals surface area contributed by atoms with Crippen LogP contribution in [0.4, 0.5) is 5.82 Å². The summed E-state index contributed by atoms with van der Waals surface area (Å²) in [6.45, 7) is 4.18. The number of aryl methyl sites for hydroxylation is 2. The molecule has 0 saturated carbocycles. The number of nitrogen functional groups attached to an aromatic ring is 1. The van der Waals surface area contributed by atoms with Gasteiger partial charge in [-0.1, -0.05) is 22.4 Å². The molecular formula is C19H18N6O3. The van der Waals surface area contributed by atoms with E-state index >= 15 is 0 Å². The lowest BCUT2D eigenvalue weighted by molar-refractivity contribution is 0.301. The lowest BCUT2D eigenvalue weighted by Gasteiger charge is -2.06. The maximum absolute atomic E-state index is 5.82. The Hall–Kier alpha value is -3.75. The minimum Gasteiger partial charge on any atom is -0.489 e. The Kier molecular flexibility index (Phi) is 4.71. The van der Waals surface area contributed by atoms with Crippen molar-refractivity contribution in [3.05, 3.63) is 65.3 Å². The number of rotatable bonds is 6. The monoisotopic (exact) mass is 378 g/mol. The highest BCUT2D eigenvalue weighted by atomic mass is 16.5. The molecule has 0 aliphatic heterocycles. The predicted octanol–water partition coefficient (Wildman–Crippen LogP) is 2.88. The molecule has 0 fully saturated rings. The minimum absolute atomic E-state index is 0.308. The van der Waals surface area contributed by atoms with Gasteiger partial charge in [-0.25, -0.2) is 9.97 Å². The van der Waals surface area contributed by atoms with Crippen molar-refractivity contribution in [2.45, 2.75) is 26.9 Å². The van der Waals surface area contributed by atoms with Crippen molar-refractivity contribution in [3.63, 3.8) is 0 Å². The zero-order chi connectivity index (χ0) is 19.5. The van der Waals surface area contributed by atoms with E-state index in [2.05, 4.69) is 25.3 Å². The lowest BCUT2D eigenvalue weighted by Crippen LogP contribution is -1.98. The van der Waals surface area contributed by atoms with E-state index in [1.165, 1.54) is 6.33 Å². The van der Waals surface area contributed by atoms with Gasteiger partial charge in [0, 0.05) is 6.20 Å². The molecule has 9 heteroatoms. The number of anilines is 1. The maximum atomic E-state index is 5.82. The van der Waals surface area contributed by atoms with Crippen molar-refractivity contribution in [2.75, 3.05) is 5.73 Å². The highest BCUT2D eigenvalue weighted by Gasteiger charge is 2.13. The van der Waals surface area contributed by atoms with Crippen LogP contribution in [0, 0.1) is 13.8 Å². The first-order valence-corrected chi connectivity index (χ1v) is 8.62. The van der Waals surface area contributed by atoms with Gasteiger partial charge in [0.2, 0.25) is 11.7 Å². The highest BCUT2D eigenvalue weighted by molar-refractivity contribution is 5.66. The molecule has 3 aromatic heterocycles. The summed E-state index contributed by atoms with van der Waals surface area (Å²) in [6, 6.07) is 7.70. The quantitative estimate of drug-likeness (QED) is 0.539. The minimum atomic E-state index is 0.308. The van der Waals surface area contributed by atoms with Crippen LogP contribution in [0.25, 0.3) is 11.4 Å². The van der Waals surface area contributed by atoms with Crippen molar-refractivity contribution in [1.82, 2.24) is 25.3 Å². The third-order valence-corrected chi connectivity index (χ3v) is 4.30. The van der Waals surface area contributed by atoms with E-state index in [0.29, 0.717) is 36.1 Å². The van der Waals surface area contributed by atoms with E-state index in [-0.39, 0.29) is 0 Å². The zero-order valence-corrected chi connectivity index (χ0v) is 15.4. The molecule has 3 heterocycles. The Morgan fingerprint density at radius 3 is 2.61 bits per heavy atom. The predicted molar refractivity (Wildman–Crippen MR) is 99.3 cm³/mol. The Balaban J connectivity index is 1.40. The Bertz CT molecular complexity index is 1070. The first-order chi connectivity index (χ1) is 13.6. The fourth-order valence-electron chi connectivity index (χ4n) is 2.69. The molecule has 0 spiro atoms.